The number of benzene rings is 1. The van der Waals surface area contributed by atoms with Gasteiger partial charge in [0.05, 0.1) is 13.7 Å². The summed E-state index contributed by atoms with van der Waals surface area (Å²) < 4.78 is 5.07. The van der Waals surface area contributed by atoms with Crippen LogP contribution in [0.1, 0.15) is 5.56 Å². The van der Waals surface area contributed by atoms with Gasteiger partial charge in [-0.15, -0.1) is 0 Å². The van der Waals surface area contributed by atoms with Gasteiger partial charge in [-0.3, -0.25) is 0 Å². The molecule has 0 bridgehead atoms. The van der Waals surface area contributed by atoms with E-state index >= 15 is 0 Å². The van der Waals surface area contributed by atoms with Crippen LogP contribution in [0, 0.1) is 0 Å². The van der Waals surface area contributed by atoms with Crippen LogP contribution in [0.2, 0.25) is 0 Å². The zero-order valence-electron chi connectivity index (χ0n) is 9.46. The second-order valence-electron chi connectivity index (χ2n) is 3.44. The highest BCUT2D eigenvalue weighted by Gasteiger charge is 2.00. The quantitative estimate of drug-likeness (QED) is 0.902. The van der Waals surface area contributed by atoms with E-state index in [4.69, 9.17) is 9.84 Å². The SMILES string of the molecule is COc1cc(Sc2ccc(CO)cc2)ccn1. The molecule has 1 aromatic heterocycles. The zero-order valence-corrected chi connectivity index (χ0v) is 10.3. The Bertz CT molecular complexity index is 485. The molecule has 1 heterocycles. The third-order valence-corrected chi connectivity index (χ3v) is 3.25. The van der Waals surface area contributed by atoms with Gasteiger partial charge < -0.3 is 9.84 Å². The molecule has 0 aliphatic carbocycles. The molecule has 17 heavy (non-hydrogen) atoms. The van der Waals surface area contributed by atoms with E-state index in [1.807, 2.05) is 36.4 Å². The molecule has 1 aromatic carbocycles. The fourth-order valence-corrected chi connectivity index (χ4v) is 2.20. The molecule has 0 radical (unpaired) electrons. The highest BCUT2D eigenvalue weighted by Crippen LogP contribution is 2.29. The highest BCUT2D eigenvalue weighted by molar-refractivity contribution is 7.99. The summed E-state index contributed by atoms with van der Waals surface area (Å²) in [5, 5.41) is 8.95. The molecule has 0 saturated heterocycles. The number of hydrogen-bond donors (Lipinski definition) is 1. The number of aromatic nitrogens is 1. The van der Waals surface area contributed by atoms with Crippen LogP contribution >= 0.6 is 11.8 Å². The van der Waals surface area contributed by atoms with Crippen molar-refractivity contribution in [2.24, 2.45) is 0 Å². The minimum Gasteiger partial charge on any atom is -0.481 e. The van der Waals surface area contributed by atoms with Crippen molar-refractivity contribution in [3.63, 3.8) is 0 Å². The highest BCUT2D eigenvalue weighted by atomic mass is 32.2. The molecule has 0 fully saturated rings. The Hall–Kier alpha value is -1.52. The molecule has 88 valence electrons. The van der Waals surface area contributed by atoms with E-state index in [0.29, 0.717) is 5.88 Å². The van der Waals surface area contributed by atoms with Gasteiger partial charge in [0.2, 0.25) is 5.88 Å². The van der Waals surface area contributed by atoms with Crippen LogP contribution in [-0.4, -0.2) is 17.2 Å². The summed E-state index contributed by atoms with van der Waals surface area (Å²) >= 11 is 1.63. The topological polar surface area (TPSA) is 42.4 Å². The third-order valence-electron chi connectivity index (χ3n) is 2.26. The van der Waals surface area contributed by atoms with Gasteiger partial charge in [-0.25, -0.2) is 4.98 Å². The summed E-state index contributed by atoms with van der Waals surface area (Å²) in [6.45, 7) is 0.0774. The van der Waals surface area contributed by atoms with Crippen LogP contribution in [0.25, 0.3) is 0 Å². The first-order valence-corrected chi connectivity index (χ1v) is 6.01. The van der Waals surface area contributed by atoms with Crippen molar-refractivity contribution in [1.82, 2.24) is 4.98 Å². The predicted molar refractivity (Wildman–Crippen MR) is 67.3 cm³/mol. The van der Waals surface area contributed by atoms with E-state index in [0.717, 1.165) is 15.4 Å². The fourth-order valence-electron chi connectivity index (χ4n) is 1.37. The number of hydrogen-bond acceptors (Lipinski definition) is 4. The maximum atomic E-state index is 8.95. The van der Waals surface area contributed by atoms with Crippen LogP contribution in [0.3, 0.4) is 0 Å². The number of rotatable bonds is 4. The normalized spacial score (nSPS) is 10.2. The molecule has 0 saturated carbocycles. The first kappa shape index (κ1) is 12.0. The van der Waals surface area contributed by atoms with Crippen molar-refractivity contribution in [2.75, 3.05) is 7.11 Å². The minimum absolute atomic E-state index is 0.0774. The first-order valence-electron chi connectivity index (χ1n) is 5.19. The summed E-state index contributed by atoms with van der Waals surface area (Å²) in [5.74, 6) is 0.613. The smallest absolute Gasteiger partial charge is 0.214 e. The summed E-state index contributed by atoms with van der Waals surface area (Å²) in [6.07, 6.45) is 1.73. The largest absolute Gasteiger partial charge is 0.481 e. The lowest BCUT2D eigenvalue weighted by Gasteiger charge is -2.04. The standard InChI is InChI=1S/C13H13NO2S/c1-16-13-8-12(6-7-14-13)17-11-4-2-10(9-15)3-5-11/h2-8,15H,9H2,1H3. The molecule has 0 amide bonds. The van der Waals surface area contributed by atoms with Gasteiger partial charge in [-0.2, -0.15) is 0 Å². The molecular formula is C13H13NO2S. The van der Waals surface area contributed by atoms with Gasteiger partial charge in [0.25, 0.3) is 0 Å². The van der Waals surface area contributed by atoms with E-state index in [-0.39, 0.29) is 6.61 Å². The van der Waals surface area contributed by atoms with Crippen LogP contribution in [0.4, 0.5) is 0 Å². The van der Waals surface area contributed by atoms with Gasteiger partial charge in [0.1, 0.15) is 0 Å². The van der Waals surface area contributed by atoms with Crippen molar-refractivity contribution in [2.45, 2.75) is 16.4 Å². The molecule has 1 N–H and O–H groups in total. The number of methoxy groups -OCH3 is 1. The lowest BCUT2D eigenvalue weighted by Crippen LogP contribution is -1.86. The minimum atomic E-state index is 0.0774. The Morgan fingerprint density at radius 3 is 2.59 bits per heavy atom. The molecule has 4 heteroatoms. The molecule has 0 spiro atoms. The Balaban J connectivity index is 2.13. The van der Waals surface area contributed by atoms with Gasteiger partial charge in [0.15, 0.2) is 0 Å². The fraction of sp³-hybridized carbons (Fsp3) is 0.154. The monoisotopic (exact) mass is 247 g/mol. The molecule has 0 atom stereocenters. The van der Waals surface area contributed by atoms with Crippen LogP contribution in [0.5, 0.6) is 5.88 Å². The van der Waals surface area contributed by atoms with Crippen molar-refractivity contribution >= 4 is 11.8 Å². The van der Waals surface area contributed by atoms with E-state index in [2.05, 4.69) is 4.98 Å². The molecular weight excluding hydrogens is 234 g/mol. The van der Waals surface area contributed by atoms with Gasteiger partial charge in [-0.05, 0) is 23.8 Å². The van der Waals surface area contributed by atoms with Crippen molar-refractivity contribution in [3.05, 3.63) is 48.2 Å². The molecule has 0 aliphatic heterocycles. The average Bonchev–Trinajstić information content (AvgIpc) is 2.40. The first-order chi connectivity index (χ1) is 8.31. The summed E-state index contributed by atoms with van der Waals surface area (Å²) in [4.78, 5) is 6.26. The van der Waals surface area contributed by atoms with Crippen molar-refractivity contribution in [3.8, 4) is 5.88 Å². The van der Waals surface area contributed by atoms with Gasteiger partial charge in [0, 0.05) is 22.1 Å². The lowest BCUT2D eigenvalue weighted by molar-refractivity contribution is 0.282. The van der Waals surface area contributed by atoms with Crippen LogP contribution in [0.15, 0.2) is 52.4 Å². The molecule has 2 rings (SSSR count). The van der Waals surface area contributed by atoms with E-state index in [1.165, 1.54) is 0 Å². The van der Waals surface area contributed by atoms with E-state index in [9.17, 15) is 0 Å². The second-order valence-corrected chi connectivity index (χ2v) is 4.58. The Morgan fingerprint density at radius 2 is 1.94 bits per heavy atom. The molecule has 3 nitrogen and oxygen atoms in total. The maximum absolute atomic E-state index is 8.95. The number of ether oxygens (including phenoxy) is 1. The lowest BCUT2D eigenvalue weighted by atomic mass is 10.2. The number of aliphatic hydroxyl groups excluding tert-OH is 1. The summed E-state index contributed by atoms with van der Waals surface area (Å²) in [5.41, 5.74) is 0.918. The second kappa shape index (κ2) is 5.70. The molecule has 0 unspecified atom stereocenters. The van der Waals surface area contributed by atoms with Gasteiger partial charge in [-0.1, -0.05) is 23.9 Å². The van der Waals surface area contributed by atoms with Gasteiger partial charge >= 0.3 is 0 Å². The molecule has 0 aliphatic rings. The summed E-state index contributed by atoms with van der Waals surface area (Å²) in [6, 6.07) is 11.6. The van der Waals surface area contributed by atoms with E-state index < -0.39 is 0 Å². The Labute approximate surface area is 104 Å². The number of aliphatic hydroxyl groups is 1. The van der Waals surface area contributed by atoms with Crippen molar-refractivity contribution in [1.29, 1.82) is 0 Å². The number of nitrogens with zero attached hydrogens (tertiary/aromatic N) is 1. The Kier molecular flexibility index (Phi) is 4.01. The summed E-state index contributed by atoms with van der Waals surface area (Å²) in [7, 11) is 1.60. The number of pyridine rings is 1. The molecule has 2 aromatic rings. The third kappa shape index (κ3) is 3.22. The zero-order chi connectivity index (χ0) is 12.1. The van der Waals surface area contributed by atoms with E-state index in [1.54, 1.807) is 25.1 Å². The predicted octanol–water partition coefficient (Wildman–Crippen LogP) is 2.73. The van der Waals surface area contributed by atoms with Crippen LogP contribution in [-0.2, 0) is 6.61 Å². The van der Waals surface area contributed by atoms with Crippen LogP contribution < -0.4 is 4.74 Å². The maximum Gasteiger partial charge on any atom is 0.214 e. The Morgan fingerprint density at radius 1 is 1.18 bits per heavy atom. The van der Waals surface area contributed by atoms with Crippen molar-refractivity contribution < 1.29 is 9.84 Å². The average molecular weight is 247 g/mol.